The van der Waals surface area contributed by atoms with Crippen molar-refractivity contribution in [3.05, 3.63) is 0 Å². The molecule has 0 spiro atoms. The summed E-state index contributed by atoms with van der Waals surface area (Å²) < 4.78 is 0. The van der Waals surface area contributed by atoms with E-state index in [1.807, 2.05) is 0 Å². The van der Waals surface area contributed by atoms with Gasteiger partial charge in [-0.2, -0.15) is 5.26 Å². The third kappa shape index (κ3) is 4.20. The molecule has 0 heterocycles. The summed E-state index contributed by atoms with van der Waals surface area (Å²) in [6.45, 7) is 11.5. The Morgan fingerprint density at radius 2 is 1.75 bits per heavy atom. The second-order valence-corrected chi connectivity index (χ2v) is 7.75. The van der Waals surface area contributed by atoms with Crippen molar-refractivity contribution < 1.29 is 0 Å². The maximum absolute atomic E-state index is 9.63. The Morgan fingerprint density at radius 1 is 1.15 bits per heavy atom. The lowest BCUT2D eigenvalue weighted by Gasteiger charge is -2.33. The third-order valence-electron chi connectivity index (χ3n) is 4.48. The van der Waals surface area contributed by atoms with Gasteiger partial charge in [0.05, 0.1) is 6.07 Å². The van der Waals surface area contributed by atoms with Gasteiger partial charge in [0.1, 0.15) is 5.54 Å². The number of rotatable bonds is 7. The second-order valence-electron chi connectivity index (χ2n) is 7.75. The van der Waals surface area contributed by atoms with Crippen LogP contribution in [-0.2, 0) is 0 Å². The molecule has 0 aliphatic heterocycles. The molecule has 2 atom stereocenters. The molecule has 0 amide bonds. The van der Waals surface area contributed by atoms with Crippen LogP contribution in [0.15, 0.2) is 0 Å². The van der Waals surface area contributed by atoms with Crippen LogP contribution in [-0.4, -0.2) is 35.6 Å². The molecule has 2 aliphatic rings. The van der Waals surface area contributed by atoms with Crippen LogP contribution in [0.5, 0.6) is 0 Å². The van der Waals surface area contributed by atoms with Gasteiger partial charge in [0, 0.05) is 25.2 Å². The van der Waals surface area contributed by atoms with Crippen molar-refractivity contribution in [1.29, 1.82) is 5.26 Å². The van der Waals surface area contributed by atoms with E-state index in [0.29, 0.717) is 23.9 Å². The van der Waals surface area contributed by atoms with E-state index in [0.717, 1.165) is 25.9 Å². The summed E-state index contributed by atoms with van der Waals surface area (Å²) in [5.74, 6) is 1.39. The fourth-order valence-electron chi connectivity index (χ4n) is 3.53. The van der Waals surface area contributed by atoms with Crippen molar-refractivity contribution >= 4 is 0 Å². The lowest BCUT2D eigenvalue weighted by molar-refractivity contribution is 0.153. The van der Waals surface area contributed by atoms with E-state index in [1.54, 1.807) is 0 Å². The number of nitrogens with zero attached hydrogens (tertiary/aromatic N) is 2. The van der Waals surface area contributed by atoms with Gasteiger partial charge < -0.3 is 0 Å². The fraction of sp³-hybridized carbons (Fsp3) is 0.941. The standard InChI is InChI=1S/C17H31N3/c1-13(2)10-20(11-14(3)4)16-7-8-17(9-16,12-18)19-15-5-6-15/h13-16,19H,5-11H2,1-4H3. The molecule has 3 nitrogen and oxygen atoms in total. The first kappa shape index (κ1) is 15.8. The summed E-state index contributed by atoms with van der Waals surface area (Å²) in [4.78, 5) is 2.64. The normalized spacial score (nSPS) is 30.4. The summed E-state index contributed by atoms with van der Waals surface area (Å²) in [6, 6.07) is 3.81. The Labute approximate surface area is 124 Å². The molecule has 2 fully saturated rings. The molecule has 0 aromatic rings. The zero-order chi connectivity index (χ0) is 14.8. The van der Waals surface area contributed by atoms with Crippen LogP contribution < -0.4 is 5.32 Å². The Bertz CT molecular complexity index is 344. The van der Waals surface area contributed by atoms with E-state index in [1.165, 1.54) is 19.3 Å². The van der Waals surface area contributed by atoms with E-state index in [-0.39, 0.29) is 5.54 Å². The highest BCUT2D eigenvalue weighted by molar-refractivity contribution is 5.15. The van der Waals surface area contributed by atoms with Crippen molar-refractivity contribution in [3.63, 3.8) is 0 Å². The average Bonchev–Trinajstić information content (AvgIpc) is 3.05. The molecular weight excluding hydrogens is 246 g/mol. The van der Waals surface area contributed by atoms with Gasteiger partial charge in [0.2, 0.25) is 0 Å². The third-order valence-corrected chi connectivity index (χ3v) is 4.48. The summed E-state index contributed by atoms with van der Waals surface area (Å²) >= 11 is 0. The maximum Gasteiger partial charge on any atom is 0.108 e. The molecule has 20 heavy (non-hydrogen) atoms. The van der Waals surface area contributed by atoms with Crippen molar-refractivity contribution in [2.45, 2.75) is 77.4 Å². The summed E-state index contributed by atoms with van der Waals surface area (Å²) in [7, 11) is 0. The van der Waals surface area contributed by atoms with Gasteiger partial charge in [-0.05, 0) is 43.9 Å². The first-order valence-electron chi connectivity index (χ1n) is 8.37. The molecule has 0 aromatic heterocycles. The van der Waals surface area contributed by atoms with Crippen LogP contribution in [0.25, 0.3) is 0 Å². The monoisotopic (exact) mass is 277 g/mol. The molecule has 0 saturated heterocycles. The molecule has 2 rings (SSSR count). The van der Waals surface area contributed by atoms with Crippen LogP contribution in [0.1, 0.15) is 59.8 Å². The predicted molar refractivity (Wildman–Crippen MR) is 83.4 cm³/mol. The minimum Gasteiger partial charge on any atom is -0.300 e. The topological polar surface area (TPSA) is 39.1 Å². The van der Waals surface area contributed by atoms with E-state index in [2.05, 4.69) is 44.0 Å². The SMILES string of the molecule is CC(C)CN(CC(C)C)C1CCC(C#N)(NC2CC2)C1. The number of nitrogens with one attached hydrogen (secondary N) is 1. The zero-order valence-corrected chi connectivity index (χ0v) is 13.7. The van der Waals surface area contributed by atoms with Gasteiger partial charge in [-0.1, -0.05) is 27.7 Å². The number of hydrogen-bond donors (Lipinski definition) is 1. The van der Waals surface area contributed by atoms with E-state index in [9.17, 15) is 5.26 Å². The van der Waals surface area contributed by atoms with Crippen molar-refractivity contribution in [2.75, 3.05) is 13.1 Å². The second kappa shape index (κ2) is 6.45. The molecule has 0 radical (unpaired) electrons. The highest BCUT2D eigenvalue weighted by Gasteiger charge is 2.44. The Hall–Kier alpha value is -0.590. The van der Waals surface area contributed by atoms with Crippen LogP contribution in [0.2, 0.25) is 0 Å². The molecular formula is C17H31N3. The number of nitriles is 1. The molecule has 3 heteroatoms. The minimum atomic E-state index is -0.238. The van der Waals surface area contributed by atoms with Crippen LogP contribution >= 0.6 is 0 Å². The lowest BCUT2D eigenvalue weighted by atomic mass is 9.98. The lowest BCUT2D eigenvalue weighted by Crippen LogP contribution is -2.46. The highest BCUT2D eigenvalue weighted by atomic mass is 15.2. The van der Waals surface area contributed by atoms with Crippen molar-refractivity contribution in [2.24, 2.45) is 11.8 Å². The summed E-state index contributed by atoms with van der Waals surface area (Å²) in [5.41, 5.74) is -0.238. The zero-order valence-electron chi connectivity index (χ0n) is 13.7. The molecule has 114 valence electrons. The summed E-state index contributed by atoms with van der Waals surface area (Å²) in [6.07, 6.45) is 5.73. The minimum absolute atomic E-state index is 0.238. The molecule has 0 aromatic carbocycles. The van der Waals surface area contributed by atoms with Gasteiger partial charge in [-0.3, -0.25) is 10.2 Å². The first-order chi connectivity index (χ1) is 9.44. The smallest absolute Gasteiger partial charge is 0.108 e. The molecule has 2 aliphatic carbocycles. The molecule has 1 N–H and O–H groups in total. The van der Waals surface area contributed by atoms with E-state index in [4.69, 9.17) is 0 Å². The quantitative estimate of drug-likeness (QED) is 0.777. The van der Waals surface area contributed by atoms with Gasteiger partial charge >= 0.3 is 0 Å². The van der Waals surface area contributed by atoms with Gasteiger partial charge in [-0.15, -0.1) is 0 Å². The van der Waals surface area contributed by atoms with Crippen LogP contribution in [0.4, 0.5) is 0 Å². The average molecular weight is 277 g/mol. The Kier molecular flexibility index (Phi) is 5.09. The largest absolute Gasteiger partial charge is 0.300 e. The highest BCUT2D eigenvalue weighted by Crippen LogP contribution is 2.36. The number of hydrogen-bond acceptors (Lipinski definition) is 3. The Balaban J connectivity index is 1.97. The van der Waals surface area contributed by atoms with Gasteiger partial charge in [0.15, 0.2) is 0 Å². The van der Waals surface area contributed by atoms with Crippen molar-refractivity contribution in [1.82, 2.24) is 10.2 Å². The van der Waals surface area contributed by atoms with Crippen molar-refractivity contribution in [3.8, 4) is 6.07 Å². The Morgan fingerprint density at radius 3 is 2.20 bits per heavy atom. The van der Waals surface area contributed by atoms with Crippen LogP contribution in [0.3, 0.4) is 0 Å². The molecule has 2 unspecified atom stereocenters. The van der Waals surface area contributed by atoms with Gasteiger partial charge in [-0.25, -0.2) is 0 Å². The van der Waals surface area contributed by atoms with Crippen LogP contribution in [0, 0.1) is 23.2 Å². The fourth-order valence-corrected chi connectivity index (χ4v) is 3.53. The van der Waals surface area contributed by atoms with Gasteiger partial charge in [0.25, 0.3) is 0 Å². The predicted octanol–water partition coefficient (Wildman–Crippen LogP) is 3.17. The maximum atomic E-state index is 9.63. The van der Waals surface area contributed by atoms with E-state index >= 15 is 0 Å². The van der Waals surface area contributed by atoms with E-state index < -0.39 is 0 Å². The first-order valence-corrected chi connectivity index (χ1v) is 8.37. The molecule has 2 saturated carbocycles. The molecule has 0 bridgehead atoms. The summed E-state index contributed by atoms with van der Waals surface area (Å²) in [5, 5.41) is 13.2.